The van der Waals surface area contributed by atoms with Gasteiger partial charge in [0, 0.05) is 23.3 Å². The van der Waals surface area contributed by atoms with Gasteiger partial charge in [0.1, 0.15) is 0 Å². The summed E-state index contributed by atoms with van der Waals surface area (Å²) in [6.45, 7) is 7.94. The second-order valence-electron chi connectivity index (χ2n) is 6.49. The average molecular weight is 322 g/mol. The van der Waals surface area contributed by atoms with Gasteiger partial charge in [-0.1, -0.05) is 6.42 Å². The van der Waals surface area contributed by atoms with Crippen LogP contribution in [-0.2, 0) is 9.59 Å². The number of nitrogens with zero attached hydrogens (tertiary/aromatic N) is 2. The van der Waals surface area contributed by atoms with E-state index in [9.17, 15) is 14.7 Å². The van der Waals surface area contributed by atoms with Crippen LogP contribution in [0, 0.1) is 13.8 Å². The first kappa shape index (κ1) is 17.5. The first-order chi connectivity index (χ1) is 10.8. The number of rotatable bonds is 5. The fourth-order valence-corrected chi connectivity index (χ4v) is 3.40. The van der Waals surface area contributed by atoms with E-state index in [0.29, 0.717) is 29.0 Å². The van der Waals surface area contributed by atoms with E-state index in [4.69, 9.17) is 0 Å². The van der Waals surface area contributed by atoms with Gasteiger partial charge in [-0.25, -0.2) is 4.79 Å². The molecule has 0 unspecified atom stereocenters. The quantitative estimate of drug-likeness (QED) is 0.763. The first-order valence-electron chi connectivity index (χ1n) is 8.10. The highest BCUT2D eigenvalue weighted by Gasteiger charge is 2.30. The number of aryl methyl sites for hydroxylation is 2. The molecule has 1 aliphatic rings. The second-order valence-corrected chi connectivity index (χ2v) is 6.49. The number of nitrogens with one attached hydrogen (secondary N) is 2. The van der Waals surface area contributed by atoms with Crippen molar-refractivity contribution in [1.82, 2.24) is 20.4 Å². The standard InChI is InChI=1S/C16H26N4O3/c1-9-6-5-7-10(2)20(9)8-13(21)17-15(16(22)23)14-11(3)18-19-12(14)4/h9-10,15H,5-8H2,1-4H3,(H,17,21)(H,18,19)(H,22,23)/t9-,10+,15-/m1/s1. The summed E-state index contributed by atoms with van der Waals surface area (Å²) in [7, 11) is 0. The van der Waals surface area contributed by atoms with Gasteiger partial charge in [-0.2, -0.15) is 5.10 Å². The maximum Gasteiger partial charge on any atom is 0.331 e. The fourth-order valence-electron chi connectivity index (χ4n) is 3.40. The van der Waals surface area contributed by atoms with Crippen LogP contribution in [0.4, 0.5) is 0 Å². The number of aromatic nitrogens is 2. The van der Waals surface area contributed by atoms with Gasteiger partial charge in [-0.05, 0) is 40.5 Å². The molecule has 23 heavy (non-hydrogen) atoms. The molecule has 0 aromatic carbocycles. The number of hydrogen-bond acceptors (Lipinski definition) is 4. The number of likely N-dealkylation sites (tertiary alicyclic amines) is 1. The van der Waals surface area contributed by atoms with Crippen molar-refractivity contribution in [1.29, 1.82) is 0 Å². The lowest BCUT2D eigenvalue weighted by Crippen LogP contribution is -2.49. The third-order valence-corrected chi connectivity index (χ3v) is 4.73. The van der Waals surface area contributed by atoms with Gasteiger partial charge >= 0.3 is 5.97 Å². The van der Waals surface area contributed by atoms with Crippen LogP contribution in [0.3, 0.4) is 0 Å². The Morgan fingerprint density at radius 1 is 1.35 bits per heavy atom. The van der Waals surface area contributed by atoms with Gasteiger partial charge in [0.25, 0.3) is 0 Å². The Kier molecular flexibility index (Phi) is 5.41. The minimum Gasteiger partial charge on any atom is -0.479 e. The number of aromatic amines is 1. The highest BCUT2D eigenvalue weighted by atomic mass is 16.4. The molecular weight excluding hydrogens is 296 g/mol. The van der Waals surface area contributed by atoms with Gasteiger partial charge in [-0.15, -0.1) is 0 Å². The van der Waals surface area contributed by atoms with Crippen molar-refractivity contribution in [2.45, 2.75) is 65.1 Å². The molecule has 0 aliphatic carbocycles. The molecule has 1 aliphatic heterocycles. The third-order valence-electron chi connectivity index (χ3n) is 4.73. The van der Waals surface area contributed by atoms with E-state index >= 15 is 0 Å². The summed E-state index contributed by atoms with van der Waals surface area (Å²) in [5.41, 5.74) is 1.79. The maximum absolute atomic E-state index is 12.4. The lowest BCUT2D eigenvalue weighted by Gasteiger charge is -2.38. The van der Waals surface area contributed by atoms with Gasteiger partial charge in [0.05, 0.1) is 12.2 Å². The molecule has 0 saturated carbocycles. The van der Waals surface area contributed by atoms with Crippen molar-refractivity contribution >= 4 is 11.9 Å². The molecule has 3 N–H and O–H groups in total. The second kappa shape index (κ2) is 7.12. The molecule has 0 bridgehead atoms. The summed E-state index contributed by atoms with van der Waals surface area (Å²) in [5.74, 6) is -1.34. The van der Waals surface area contributed by atoms with E-state index in [-0.39, 0.29) is 12.5 Å². The van der Waals surface area contributed by atoms with Crippen LogP contribution in [-0.4, -0.2) is 50.7 Å². The first-order valence-corrected chi connectivity index (χ1v) is 8.10. The molecule has 7 heteroatoms. The topological polar surface area (TPSA) is 98.3 Å². The molecule has 1 amide bonds. The third kappa shape index (κ3) is 3.90. The Bertz CT molecular complexity index is 554. The molecular formula is C16H26N4O3. The van der Waals surface area contributed by atoms with Crippen molar-refractivity contribution in [3.63, 3.8) is 0 Å². The normalized spacial score (nSPS) is 23.5. The van der Waals surface area contributed by atoms with Crippen LogP contribution in [0.5, 0.6) is 0 Å². The number of hydrogen-bond donors (Lipinski definition) is 3. The summed E-state index contributed by atoms with van der Waals surface area (Å²) in [6, 6.07) is -0.396. The Morgan fingerprint density at radius 2 is 1.96 bits per heavy atom. The number of carbonyl (C=O) groups is 2. The minimum absolute atomic E-state index is 0.224. The molecule has 1 aromatic rings. The van der Waals surface area contributed by atoms with E-state index in [2.05, 4.69) is 34.3 Å². The lowest BCUT2D eigenvalue weighted by molar-refractivity contribution is -0.142. The summed E-state index contributed by atoms with van der Waals surface area (Å²) in [5, 5.41) is 18.9. The number of H-pyrrole nitrogens is 1. The number of piperidine rings is 1. The Labute approximate surface area is 136 Å². The molecule has 1 aromatic heterocycles. The maximum atomic E-state index is 12.4. The largest absolute Gasteiger partial charge is 0.479 e. The van der Waals surface area contributed by atoms with Crippen LogP contribution in [0.15, 0.2) is 0 Å². The van der Waals surface area contributed by atoms with Gasteiger partial charge < -0.3 is 10.4 Å². The number of carbonyl (C=O) groups excluding carboxylic acids is 1. The van der Waals surface area contributed by atoms with Gasteiger partial charge in [-0.3, -0.25) is 14.8 Å². The zero-order chi connectivity index (χ0) is 17.1. The van der Waals surface area contributed by atoms with Crippen LogP contribution in [0.2, 0.25) is 0 Å². The Balaban J connectivity index is 2.08. The lowest BCUT2D eigenvalue weighted by atomic mass is 9.97. The van der Waals surface area contributed by atoms with Crippen molar-refractivity contribution in [3.8, 4) is 0 Å². The summed E-state index contributed by atoms with van der Waals surface area (Å²) in [6.07, 6.45) is 3.31. The number of carboxylic acids is 1. The van der Waals surface area contributed by atoms with Gasteiger partial charge in [0.15, 0.2) is 6.04 Å². The number of aliphatic carboxylic acids is 1. The predicted molar refractivity (Wildman–Crippen MR) is 86.1 cm³/mol. The molecule has 1 fully saturated rings. The van der Waals surface area contributed by atoms with E-state index < -0.39 is 12.0 Å². The van der Waals surface area contributed by atoms with Crippen molar-refractivity contribution in [2.24, 2.45) is 0 Å². The summed E-state index contributed by atoms with van der Waals surface area (Å²) >= 11 is 0. The zero-order valence-electron chi connectivity index (χ0n) is 14.2. The molecule has 2 rings (SSSR count). The summed E-state index contributed by atoms with van der Waals surface area (Å²) < 4.78 is 0. The minimum atomic E-state index is -1.08. The molecule has 7 nitrogen and oxygen atoms in total. The smallest absolute Gasteiger partial charge is 0.331 e. The Morgan fingerprint density at radius 3 is 2.43 bits per heavy atom. The highest BCUT2D eigenvalue weighted by molar-refractivity contribution is 5.86. The predicted octanol–water partition coefficient (Wildman–Crippen LogP) is 1.53. The molecule has 1 saturated heterocycles. The number of amides is 1. The van der Waals surface area contributed by atoms with Crippen molar-refractivity contribution in [3.05, 3.63) is 17.0 Å². The summed E-state index contributed by atoms with van der Waals surface area (Å²) in [4.78, 5) is 26.1. The molecule has 0 radical (unpaired) electrons. The van der Waals surface area contributed by atoms with E-state index in [0.717, 1.165) is 12.8 Å². The van der Waals surface area contributed by atoms with Crippen LogP contribution < -0.4 is 5.32 Å². The fraction of sp³-hybridized carbons (Fsp3) is 0.688. The van der Waals surface area contributed by atoms with E-state index in [1.807, 2.05) is 0 Å². The SMILES string of the molecule is Cc1n[nH]c(C)c1[C@@H](NC(=O)CN1[C@H](C)CCC[C@@H]1C)C(=O)O. The average Bonchev–Trinajstić information content (AvgIpc) is 2.80. The van der Waals surface area contributed by atoms with Gasteiger partial charge in [0.2, 0.25) is 5.91 Å². The van der Waals surface area contributed by atoms with Crippen LogP contribution in [0.1, 0.15) is 56.1 Å². The van der Waals surface area contributed by atoms with E-state index in [1.165, 1.54) is 6.42 Å². The monoisotopic (exact) mass is 322 g/mol. The van der Waals surface area contributed by atoms with Crippen LogP contribution >= 0.6 is 0 Å². The molecule has 2 heterocycles. The Hall–Kier alpha value is -1.89. The molecule has 0 spiro atoms. The van der Waals surface area contributed by atoms with Crippen molar-refractivity contribution < 1.29 is 14.7 Å². The van der Waals surface area contributed by atoms with Crippen LogP contribution in [0.25, 0.3) is 0 Å². The highest BCUT2D eigenvalue weighted by Crippen LogP contribution is 2.23. The zero-order valence-corrected chi connectivity index (χ0v) is 14.2. The van der Waals surface area contributed by atoms with Crippen molar-refractivity contribution in [2.75, 3.05) is 6.54 Å². The molecule has 128 valence electrons. The molecule has 3 atom stereocenters. The number of carboxylic acid groups (broad SMARTS) is 1. The van der Waals surface area contributed by atoms with E-state index in [1.54, 1.807) is 13.8 Å².